The largest absolute Gasteiger partial charge is 0.466 e. The molecule has 0 bridgehead atoms. The van der Waals surface area contributed by atoms with Crippen LogP contribution in [0, 0.1) is 5.92 Å². The maximum atomic E-state index is 11.8. The molecule has 0 saturated heterocycles. The zero-order chi connectivity index (χ0) is 13.4. The zero-order valence-corrected chi connectivity index (χ0v) is 11.4. The van der Waals surface area contributed by atoms with Crippen molar-refractivity contribution in [2.45, 2.75) is 26.2 Å². The van der Waals surface area contributed by atoms with Crippen molar-refractivity contribution < 1.29 is 9.53 Å². The number of aromatic nitrogens is 2. The number of nitrogens with zero attached hydrogens (tertiary/aromatic N) is 1. The first-order chi connectivity index (χ1) is 9.20. The quantitative estimate of drug-likeness (QED) is 0.848. The summed E-state index contributed by atoms with van der Waals surface area (Å²) in [5, 5.41) is 0.699. The van der Waals surface area contributed by atoms with Crippen molar-refractivity contribution in [3.8, 4) is 0 Å². The lowest BCUT2D eigenvalue weighted by Crippen LogP contribution is -2.24. The number of aryl methyl sites for hydroxylation is 1. The summed E-state index contributed by atoms with van der Waals surface area (Å²) in [6, 6.07) is 0. The van der Waals surface area contributed by atoms with E-state index in [2.05, 4.69) is 9.97 Å². The number of rotatable bonds is 2. The van der Waals surface area contributed by atoms with Crippen LogP contribution in [-0.2, 0) is 22.4 Å². The van der Waals surface area contributed by atoms with E-state index in [1.54, 1.807) is 0 Å². The van der Waals surface area contributed by atoms with Gasteiger partial charge in [-0.2, -0.15) is 0 Å². The predicted molar refractivity (Wildman–Crippen MR) is 72.4 cm³/mol. The Hall–Kier alpha value is -1.69. The summed E-state index contributed by atoms with van der Waals surface area (Å²) < 4.78 is 5.08. The highest BCUT2D eigenvalue weighted by Crippen LogP contribution is 2.35. The molecular weight excluding hydrogens is 264 g/mol. The van der Waals surface area contributed by atoms with Gasteiger partial charge in [0.15, 0.2) is 0 Å². The monoisotopic (exact) mass is 278 g/mol. The maximum Gasteiger partial charge on any atom is 0.309 e. The van der Waals surface area contributed by atoms with E-state index in [1.165, 1.54) is 17.7 Å². The van der Waals surface area contributed by atoms with Crippen LogP contribution < -0.4 is 5.56 Å². The molecule has 1 unspecified atom stereocenters. The Labute approximate surface area is 113 Å². The minimum atomic E-state index is -0.132. The van der Waals surface area contributed by atoms with E-state index in [4.69, 9.17) is 4.74 Å². The number of carbonyl (C=O) groups excluding carboxylic acids is 1. The van der Waals surface area contributed by atoms with Crippen molar-refractivity contribution >= 4 is 27.5 Å². The van der Waals surface area contributed by atoms with Crippen LogP contribution in [0.25, 0.3) is 10.2 Å². The molecule has 1 atom stereocenters. The van der Waals surface area contributed by atoms with Crippen molar-refractivity contribution in [1.82, 2.24) is 9.97 Å². The number of nitrogens with one attached hydrogen (secondary N) is 1. The molecule has 19 heavy (non-hydrogen) atoms. The molecular formula is C13H14N2O3S. The molecule has 3 rings (SSSR count). The van der Waals surface area contributed by atoms with Gasteiger partial charge >= 0.3 is 5.97 Å². The van der Waals surface area contributed by atoms with Crippen LogP contribution in [0.1, 0.15) is 23.8 Å². The molecule has 5 nitrogen and oxygen atoms in total. The number of H-pyrrole nitrogens is 1. The van der Waals surface area contributed by atoms with Crippen LogP contribution in [0.2, 0.25) is 0 Å². The fraction of sp³-hybridized carbons (Fsp3) is 0.462. The van der Waals surface area contributed by atoms with Gasteiger partial charge in [-0.25, -0.2) is 4.98 Å². The Morgan fingerprint density at radius 3 is 3.26 bits per heavy atom. The second-order valence-corrected chi connectivity index (χ2v) is 5.69. The summed E-state index contributed by atoms with van der Waals surface area (Å²) >= 11 is 1.51. The third-order valence-electron chi connectivity index (χ3n) is 3.47. The van der Waals surface area contributed by atoms with Crippen molar-refractivity contribution in [3.63, 3.8) is 0 Å². The van der Waals surface area contributed by atoms with Gasteiger partial charge in [-0.15, -0.1) is 11.3 Å². The van der Waals surface area contributed by atoms with Gasteiger partial charge in [-0.05, 0) is 31.7 Å². The summed E-state index contributed by atoms with van der Waals surface area (Å²) in [5.41, 5.74) is 0.979. The molecule has 1 N–H and O–H groups in total. The maximum absolute atomic E-state index is 11.8. The first-order valence-corrected chi connectivity index (χ1v) is 7.17. The van der Waals surface area contributed by atoms with E-state index in [-0.39, 0.29) is 17.4 Å². The number of ether oxygens (including phenoxy) is 1. The van der Waals surface area contributed by atoms with E-state index < -0.39 is 0 Å². The normalized spacial score (nSPS) is 18.3. The molecule has 1 aliphatic rings. The molecule has 0 amide bonds. The molecule has 1 aliphatic carbocycles. The molecule has 2 aromatic rings. The highest BCUT2D eigenvalue weighted by molar-refractivity contribution is 7.18. The van der Waals surface area contributed by atoms with Gasteiger partial charge in [0, 0.05) is 4.88 Å². The lowest BCUT2D eigenvalue weighted by atomic mass is 9.88. The Kier molecular flexibility index (Phi) is 3.10. The average molecular weight is 278 g/mol. The standard InChI is InChI=1S/C13H14N2O3S/c1-2-18-13(17)7-3-4-8-9(5-7)19-12-10(8)11(16)14-6-15-12/h6-7H,2-5H2,1H3,(H,14,15,16). The van der Waals surface area contributed by atoms with E-state index >= 15 is 0 Å². The first kappa shape index (κ1) is 12.3. The summed E-state index contributed by atoms with van der Waals surface area (Å²) in [7, 11) is 0. The number of esters is 1. The third-order valence-corrected chi connectivity index (χ3v) is 4.63. The summed E-state index contributed by atoms with van der Waals surface area (Å²) in [6.07, 6.45) is 3.57. The number of hydrogen-bond acceptors (Lipinski definition) is 5. The molecule has 0 spiro atoms. The lowest BCUT2D eigenvalue weighted by molar-refractivity contribution is -0.148. The van der Waals surface area contributed by atoms with Crippen LogP contribution in [-0.4, -0.2) is 22.5 Å². The Balaban J connectivity index is 1.98. The molecule has 0 aliphatic heterocycles. The lowest BCUT2D eigenvalue weighted by Gasteiger charge is -2.20. The number of thiophene rings is 1. The van der Waals surface area contributed by atoms with Crippen molar-refractivity contribution in [3.05, 3.63) is 27.1 Å². The fourth-order valence-electron chi connectivity index (χ4n) is 2.58. The minimum Gasteiger partial charge on any atom is -0.466 e. The van der Waals surface area contributed by atoms with Gasteiger partial charge in [-0.3, -0.25) is 9.59 Å². The molecule has 2 heterocycles. The SMILES string of the molecule is CCOC(=O)C1CCc2c(sc3nc[nH]c(=O)c23)C1. The second kappa shape index (κ2) is 4.77. The van der Waals surface area contributed by atoms with Crippen molar-refractivity contribution in [2.75, 3.05) is 6.61 Å². The van der Waals surface area contributed by atoms with Gasteiger partial charge in [0.1, 0.15) is 4.83 Å². The van der Waals surface area contributed by atoms with Crippen LogP contribution in [0.15, 0.2) is 11.1 Å². The van der Waals surface area contributed by atoms with Crippen LogP contribution in [0.4, 0.5) is 0 Å². The van der Waals surface area contributed by atoms with Gasteiger partial charge in [0.25, 0.3) is 5.56 Å². The Morgan fingerprint density at radius 2 is 2.47 bits per heavy atom. The number of carbonyl (C=O) groups is 1. The molecule has 0 fully saturated rings. The summed E-state index contributed by atoms with van der Waals surface area (Å²) in [5.74, 6) is -0.216. The topological polar surface area (TPSA) is 72.0 Å². The molecule has 6 heteroatoms. The molecule has 2 aromatic heterocycles. The molecule has 0 aromatic carbocycles. The Morgan fingerprint density at radius 1 is 1.63 bits per heavy atom. The van der Waals surface area contributed by atoms with E-state index in [9.17, 15) is 9.59 Å². The fourth-order valence-corrected chi connectivity index (χ4v) is 3.85. The average Bonchev–Trinajstić information content (AvgIpc) is 2.77. The minimum absolute atomic E-state index is 0.0837. The van der Waals surface area contributed by atoms with Crippen molar-refractivity contribution in [1.29, 1.82) is 0 Å². The highest BCUT2D eigenvalue weighted by atomic mass is 32.1. The number of hydrogen-bond donors (Lipinski definition) is 1. The highest BCUT2D eigenvalue weighted by Gasteiger charge is 2.29. The molecule has 0 radical (unpaired) electrons. The second-order valence-electron chi connectivity index (χ2n) is 4.61. The Bertz CT molecular complexity index is 689. The van der Waals surface area contributed by atoms with Gasteiger partial charge < -0.3 is 9.72 Å². The number of aromatic amines is 1. The van der Waals surface area contributed by atoms with Crippen LogP contribution in [0.5, 0.6) is 0 Å². The van der Waals surface area contributed by atoms with Gasteiger partial charge in [-0.1, -0.05) is 0 Å². The third kappa shape index (κ3) is 2.06. The first-order valence-electron chi connectivity index (χ1n) is 6.35. The molecule has 100 valence electrons. The van der Waals surface area contributed by atoms with Crippen molar-refractivity contribution in [2.24, 2.45) is 5.92 Å². The summed E-state index contributed by atoms with van der Waals surface area (Å²) in [4.78, 5) is 32.3. The van der Waals surface area contributed by atoms with Gasteiger partial charge in [0.05, 0.1) is 24.2 Å². The van der Waals surface area contributed by atoms with E-state index in [0.29, 0.717) is 18.4 Å². The smallest absolute Gasteiger partial charge is 0.309 e. The van der Waals surface area contributed by atoms with Gasteiger partial charge in [0.2, 0.25) is 0 Å². The predicted octanol–water partition coefficient (Wildman–Crippen LogP) is 1.65. The zero-order valence-electron chi connectivity index (χ0n) is 10.6. The van der Waals surface area contributed by atoms with E-state index in [1.807, 2.05) is 6.92 Å². The van der Waals surface area contributed by atoms with Crippen LogP contribution in [0.3, 0.4) is 0 Å². The van der Waals surface area contributed by atoms with Crippen LogP contribution >= 0.6 is 11.3 Å². The molecule has 0 saturated carbocycles. The summed E-state index contributed by atoms with van der Waals surface area (Å²) in [6.45, 7) is 2.23. The number of fused-ring (bicyclic) bond motifs is 3. The van der Waals surface area contributed by atoms with E-state index in [0.717, 1.165) is 28.1 Å².